The molecule has 2 rings (SSSR count). The first kappa shape index (κ1) is 10.2. The number of likely N-dealkylation sites (tertiary alicyclic amines) is 1. The molecular weight excluding hydrogens is 194 g/mol. The number of hydrogen-bond acceptors (Lipinski definition) is 3. The van der Waals surface area contributed by atoms with Gasteiger partial charge in [0.2, 0.25) is 0 Å². The number of hydrogen-bond donors (Lipinski definition) is 1. The van der Waals surface area contributed by atoms with E-state index in [2.05, 4.69) is 11.8 Å². The molecule has 0 bridgehead atoms. The van der Waals surface area contributed by atoms with Crippen molar-refractivity contribution in [1.82, 2.24) is 4.90 Å². The van der Waals surface area contributed by atoms with Gasteiger partial charge >= 0.3 is 5.97 Å². The summed E-state index contributed by atoms with van der Waals surface area (Å²) < 4.78 is 5.20. The highest BCUT2D eigenvalue weighted by Crippen LogP contribution is 2.20. The van der Waals surface area contributed by atoms with E-state index < -0.39 is 5.97 Å². The Morgan fingerprint density at radius 3 is 3.13 bits per heavy atom. The number of carbonyl (C=O) groups is 1. The predicted octanol–water partition coefficient (Wildman–Crippen LogP) is 1.82. The highest BCUT2D eigenvalue weighted by Gasteiger charge is 2.22. The van der Waals surface area contributed by atoms with E-state index in [9.17, 15) is 4.79 Å². The maximum atomic E-state index is 10.8. The average Bonchev–Trinajstić information content (AvgIpc) is 2.75. The van der Waals surface area contributed by atoms with Gasteiger partial charge in [-0.15, -0.1) is 0 Å². The fraction of sp³-hybridized carbons (Fsp3) is 0.545. The lowest BCUT2D eigenvalue weighted by atomic mass is 10.2. The molecule has 1 N–H and O–H groups in total. The van der Waals surface area contributed by atoms with Crippen LogP contribution in [0.2, 0.25) is 0 Å². The van der Waals surface area contributed by atoms with E-state index >= 15 is 0 Å². The molecule has 2 heterocycles. The van der Waals surface area contributed by atoms with Gasteiger partial charge in [-0.2, -0.15) is 0 Å². The van der Waals surface area contributed by atoms with E-state index in [1.165, 1.54) is 18.8 Å². The molecule has 4 nitrogen and oxygen atoms in total. The Bertz CT molecular complexity index is 358. The van der Waals surface area contributed by atoms with Crippen molar-refractivity contribution >= 4 is 5.97 Å². The van der Waals surface area contributed by atoms with Gasteiger partial charge in [0.15, 0.2) is 0 Å². The summed E-state index contributed by atoms with van der Waals surface area (Å²) in [5.41, 5.74) is 0.287. The van der Waals surface area contributed by atoms with Gasteiger partial charge in [0.05, 0.1) is 12.8 Å². The lowest BCUT2D eigenvalue weighted by molar-refractivity contribution is 0.0693. The molecule has 15 heavy (non-hydrogen) atoms. The summed E-state index contributed by atoms with van der Waals surface area (Å²) in [6, 6.07) is 1.51. The van der Waals surface area contributed by atoms with Crippen LogP contribution < -0.4 is 0 Å². The molecule has 0 saturated carbocycles. The minimum absolute atomic E-state index is 0.287. The second-order valence-electron chi connectivity index (χ2n) is 4.19. The molecule has 1 fully saturated rings. The lowest BCUT2D eigenvalue weighted by Gasteiger charge is -2.13. The third kappa shape index (κ3) is 2.21. The van der Waals surface area contributed by atoms with Crippen molar-refractivity contribution in [2.24, 2.45) is 5.92 Å². The number of furan rings is 1. The summed E-state index contributed by atoms with van der Waals surface area (Å²) in [7, 11) is 0. The largest absolute Gasteiger partial charge is 0.478 e. The first-order valence-electron chi connectivity index (χ1n) is 5.19. The summed E-state index contributed by atoms with van der Waals surface area (Å²) in [4.78, 5) is 13.1. The first-order valence-corrected chi connectivity index (χ1v) is 5.19. The van der Waals surface area contributed by atoms with E-state index in [-0.39, 0.29) is 5.56 Å². The summed E-state index contributed by atoms with van der Waals surface area (Å²) in [6.45, 7) is 4.87. The fourth-order valence-electron chi connectivity index (χ4n) is 2.03. The zero-order chi connectivity index (χ0) is 10.8. The van der Waals surface area contributed by atoms with Crippen LogP contribution in [0, 0.1) is 5.92 Å². The quantitative estimate of drug-likeness (QED) is 0.825. The summed E-state index contributed by atoms with van der Waals surface area (Å²) in [6.07, 6.45) is 2.63. The van der Waals surface area contributed by atoms with Crippen LogP contribution >= 0.6 is 0 Å². The number of nitrogens with zero attached hydrogens (tertiary/aromatic N) is 1. The number of aromatic carboxylic acids is 1. The van der Waals surface area contributed by atoms with Crippen molar-refractivity contribution in [2.75, 3.05) is 13.1 Å². The van der Waals surface area contributed by atoms with E-state index in [1.54, 1.807) is 0 Å². The van der Waals surface area contributed by atoms with Crippen LogP contribution in [0.25, 0.3) is 0 Å². The van der Waals surface area contributed by atoms with Gasteiger partial charge in [0.1, 0.15) is 11.3 Å². The molecule has 0 spiro atoms. The molecule has 4 heteroatoms. The fourth-order valence-corrected chi connectivity index (χ4v) is 2.03. The Labute approximate surface area is 88.5 Å². The second-order valence-corrected chi connectivity index (χ2v) is 4.19. The van der Waals surface area contributed by atoms with Crippen LogP contribution in [-0.4, -0.2) is 29.1 Å². The molecule has 1 aliphatic rings. The minimum Gasteiger partial charge on any atom is -0.478 e. The second kappa shape index (κ2) is 4.06. The Morgan fingerprint density at radius 2 is 2.53 bits per heavy atom. The first-order chi connectivity index (χ1) is 7.16. The molecule has 1 saturated heterocycles. The van der Waals surface area contributed by atoms with Crippen molar-refractivity contribution in [3.05, 3.63) is 23.7 Å². The van der Waals surface area contributed by atoms with Gasteiger partial charge in [-0.25, -0.2) is 4.79 Å². The molecule has 0 radical (unpaired) electrons. The van der Waals surface area contributed by atoms with Gasteiger partial charge in [0, 0.05) is 6.54 Å². The van der Waals surface area contributed by atoms with Gasteiger partial charge in [-0.05, 0) is 24.9 Å². The zero-order valence-corrected chi connectivity index (χ0v) is 8.77. The van der Waals surface area contributed by atoms with Crippen molar-refractivity contribution < 1.29 is 14.3 Å². The smallest absolute Gasteiger partial charge is 0.339 e. The van der Waals surface area contributed by atoms with Crippen molar-refractivity contribution in [2.45, 2.75) is 19.9 Å². The van der Waals surface area contributed by atoms with Crippen LogP contribution in [0.3, 0.4) is 0 Å². The number of rotatable bonds is 3. The topological polar surface area (TPSA) is 53.7 Å². The molecule has 0 amide bonds. The van der Waals surface area contributed by atoms with Gasteiger partial charge in [-0.3, -0.25) is 4.90 Å². The van der Waals surface area contributed by atoms with E-state index in [0.29, 0.717) is 18.2 Å². The Morgan fingerprint density at radius 1 is 1.73 bits per heavy atom. The lowest BCUT2D eigenvalue weighted by Crippen LogP contribution is -2.20. The van der Waals surface area contributed by atoms with E-state index in [0.717, 1.165) is 13.1 Å². The van der Waals surface area contributed by atoms with E-state index in [1.807, 2.05) is 0 Å². The average molecular weight is 209 g/mol. The van der Waals surface area contributed by atoms with E-state index in [4.69, 9.17) is 9.52 Å². The van der Waals surface area contributed by atoms with Crippen molar-refractivity contribution in [1.29, 1.82) is 0 Å². The SMILES string of the molecule is CC1CCN(Cc2occc2C(=O)O)C1. The van der Waals surface area contributed by atoms with Gasteiger partial charge < -0.3 is 9.52 Å². The predicted molar refractivity (Wildman–Crippen MR) is 54.7 cm³/mol. The molecular formula is C11H15NO3. The Hall–Kier alpha value is -1.29. The Balaban J connectivity index is 2.04. The molecule has 82 valence electrons. The molecule has 0 aliphatic carbocycles. The third-order valence-corrected chi connectivity index (χ3v) is 2.85. The molecule has 0 aromatic carbocycles. The number of carboxylic acids is 1. The van der Waals surface area contributed by atoms with Crippen molar-refractivity contribution in [3.63, 3.8) is 0 Å². The monoisotopic (exact) mass is 209 g/mol. The normalized spacial score (nSPS) is 22.1. The van der Waals surface area contributed by atoms with Crippen molar-refractivity contribution in [3.8, 4) is 0 Å². The summed E-state index contributed by atoms with van der Waals surface area (Å²) in [5.74, 6) is 0.357. The molecule has 1 aromatic heterocycles. The molecule has 1 aliphatic heterocycles. The number of carboxylic acid groups (broad SMARTS) is 1. The van der Waals surface area contributed by atoms with Crippen LogP contribution in [0.5, 0.6) is 0 Å². The van der Waals surface area contributed by atoms with Gasteiger partial charge in [-0.1, -0.05) is 6.92 Å². The third-order valence-electron chi connectivity index (χ3n) is 2.85. The Kier molecular flexibility index (Phi) is 2.77. The highest BCUT2D eigenvalue weighted by molar-refractivity contribution is 5.88. The molecule has 1 unspecified atom stereocenters. The van der Waals surface area contributed by atoms with Crippen LogP contribution in [0.15, 0.2) is 16.7 Å². The maximum absolute atomic E-state index is 10.8. The van der Waals surface area contributed by atoms with Crippen LogP contribution in [0.4, 0.5) is 0 Å². The zero-order valence-electron chi connectivity index (χ0n) is 8.77. The molecule has 1 aromatic rings. The summed E-state index contributed by atoms with van der Waals surface area (Å²) >= 11 is 0. The highest BCUT2D eigenvalue weighted by atomic mass is 16.4. The molecule has 1 atom stereocenters. The van der Waals surface area contributed by atoms with Gasteiger partial charge in [0.25, 0.3) is 0 Å². The summed E-state index contributed by atoms with van der Waals surface area (Å²) in [5, 5.41) is 8.90. The standard InChI is InChI=1S/C11H15NO3/c1-8-2-4-12(6-8)7-10-9(11(13)14)3-5-15-10/h3,5,8H,2,4,6-7H2,1H3,(H,13,14). The maximum Gasteiger partial charge on any atom is 0.339 e. The van der Waals surface area contributed by atoms with Crippen LogP contribution in [-0.2, 0) is 6.54 Å². The van der Waals surface area contributed by atoms with Crippen LogP contribution in [0.1, 0.15) is 29.5 Å². The minimum atomic E-state index is -0.911.